The summed E-state index contributed by atoms with van der Waals surface area (Å²) in [6, 6.07) is 0. The molecule has 0 spiro atoms. The minimum atomic E-state index is -0.739. The first-order valence-electron chi connectivity index (χ1n) is 4.91. The van der Waals surface area contributed by atoms with Gasteiger partial charge in [-0.25, -0.2) is 0 Å². The van der Waals surface area contributed by atoms with Gasteiger partial charge in [-0.05, 0) is 6.42 Å². The first-order chi connectivity index (χ1) is 7.22. The molecule has 0 saturated carbocycles. The average molecular weight is 229 g/mol. The summed E-state index contributed by atoms with van der Waals surface area (Å²) in [7, 11) is 0. The normalized spacial score (nSPS) is 10.5. The Balaban J connectivity index is 2.12. The van der Waals surface area contributed by atoms with E-state index in [4.69, 9.17) is 5.11 Å². The number of rotatable bonds is 7. The van der Waals surface area contributed by atoms with Crippen LogP contribution in [-0.4, -0.2) is 37.6 Å². The summed E-state index contributed by atoms with van der Waals surface area (Å²) < 4.78 is 1.80. The maximum absolute atomic E-state index is 10.2. The van der Waals surface area contributed by atoms with Crippen molar-refractivity contribution in [3.8, 4) is 0 Å². The van der Waals surface area contributed by atoms with E-state index in [1.807, 2.05) is 13.1 Å². The molecule has 0 atom stereocenters. The molecule has 15 heavy (non-hydrogen) atoms. The molecule has 0 radical (unpaired) electrons. The number of carboxylic acid groups (broad SMARTS) is 1. The van der Waals surface area contributed by atoms with E-state index in [9.17, 15) is 4.79 Å². The first-order valence-corrected chi connectivity index (χ1v) is 6.06. The van der Waals surface area contributed by atoms with E-state index in [1.54, 1.807) is 16.4 Å². The fraction of sp³-hybridized carbons (Fsp3) is 0.667. The SMILES string of the molecule is CCc1cn(CCSCCC(=O)O)nn1. The van der Waals surface area contributed by atoms with Crippen LogP contribution in [0.15, 0.2) is 6.20 Å². The van der Waals surface area contributed by atoms with Crippen LogP contribution in [0.4, 0.5) is 0 Å². The van der Waals surface area contributed by atoms with Crippen molar-refractivity contribution in [2.45, 2.75) is 26.3 Å². The molecule has 5 nitrogen and oxygen atoms in total. The van der Waals surface area contributed by atoms with E-state index in [0.29, 0.717) is 5.75 Å². The lowest BCUT2D eigenvalue weighted by Gasteiger charge is -1.99. The van der Waals surface area contributed by atoms with E-state index in [-0.39, 0.29) is 6.42 Å². The lowest BCUT2D eigenvalue weighted by atomic mass is 10.4. The second-order valence-corrected chi connectivity index (χ2v) is 4.31. The monoisotopic (exact) mass is 229 g/mol. The second-order valence-electron chi connectivity index (χ2n) is 3.08. The average Bonchev–Trinajstić information content (AvgIpc) is 2.65. The van der Waals surface area contributed by atoms with Gasteiger partial charge in [0.05, 0.1) is 18.7 Å². The van der Waals surface area contributed by atoms with Gasteiger partial charge in [0.1, 0.15) is 0 Å². The molecule has 0 amide bonds. The minimum absolute atomic E-state index is 0.224. The van der Waals surface area contributed by atoms with E-state index < -0.39 is 5.97 Å². The van der Waals surface area contributed by atoms with Gasteiger partial charge in [0, 0.05) is 17.7 Å². The lowest BCUT2D eigenvalue weighted by molar-refractivity contribution is -0.136. The van der Waals surface area contributed by atoms with Gasteiger partial charge in [0.15, 0.2) is 0 Å². The Kier molecular flexibility index (Phi) is 5.17. The number of aromatic nitrogens is 3. The number of thioether (sulfide) groups is 1. The predicted molar refractivity (Wildman–Crippen MR) is 59.0 cm³/mol. The molecule has 0 unspecified atom stereocenters. The zero-order valence-corrected chi connectivity index (χ0v) is 9.53. The molecule has 0 aliphatic heterocycles. The lowest BCUT2D eigenvalue weighted by Crippen LogP contribution is -2.03. The van der Waals surface area contributed by atoms with Crippen molar-refractivity contribution in [1.29, 1.82) is 0 Å². The third-order valence-electron chi connectivity index (χ3n) is 1.87. The highest BCUT2D eigenvalue weighted by molar-refractivity contribution is 7.99. The molecule has 1 heterocycles. The topological polar surface area (TPSA) is 68.0 Å². The fourth-order valence-electron chi connectivity index (χ4n) is 1.03. The standard InChI is InChI=1S/C9H15N3O2S/c1-2-8-7-12(11-10-8)4-6-15-5-3-9(13)14/h7H,2-6H2,1H3,(H,13,14). The molecule has 0 aliphatic rings. The number of carbonyl (C=O) groups is 1. The van der Waals surface area contributed by atoms with Crippen molar-refractivity contribution in [3.63, 3.8) is 0 Å². The molecular formula is C9H15N3O2S. The minimum Gasteiger partial charge on any atom is -0.481 e. The highest BCUT2D eigenvalue weighted by Crippen LogP contribution is 2.03. The summed E-state index contributed by atoms with van der Waals surface area (Å²) in [5.41, 5.74) is 0.991. The van der Waals surface area contributed by atoms with Crippen LogP contribution in [0.25, 0.3) is 0 Å². The summed E-state index contributed by atoms with van der Waals surface area (Å²) in [5, 5.41) is 16.4. The van der Waals surface area contributed by atoms with Crippen LogP contribution in [0.2, 0.25) is 0 Å². The molecule has 0 aromatic carbocycles. The van der Waals surface area contributed by atoms with E-state index in [1.165, 1.54) is 0 Å². The number of hydrogen-bond donors (Lipinski definition) is 1. The highest BCUT2D eigenvalue weighted by Gasteiger charge is 1.99. The molecule has 0 aliphatic carbocycles. The number of hydrogen-bond acceptors (Lipinski definition) is 4. The smallest absolute Gasteiger partial charge is 0.304 e. The first kappa shape index (κ1) is 12.0. The van der Waals surface area contributed by atoms with Gasteiger partial charge in [0.25, 0.3) is 0 Å². The van der Waals surface area contributed by atoms with Crippen LogP contribution in [0, 0.1) is 0 Å². The fourth-order valence-corrected chi connectivity index (χ4v) is 1.87. The molecule has 1 aromatic rings. The van der Waals surface area contributed by atoms with Crippen LogP contribution in [0.3, 0.4) is 0 Å². The summed E-state index contributed by atoms with van der Waals surface area (Å²) in [6.45, 7) is 2.83. The van der Waals surface area contributed by atoms with Gasteiger partial charge in [-0.3, -0.25) is 9.48 Å². The van der Waals surface area contributed by atoms with Gasteiger partial charge in [-0.15, -0.1) is 5.10 Å². The molecule has 1 aromatic heterocycles. The summed E-state index contributed by atoms with van der Waals surface area (Å²) in [5.74, 6) is 0.793. The zero-order chi connectivity index (χ0) is 11.1. The quantitative estimate of drug-likeness (QED) is 0.708. The van der Waals surface area contributed by atoms with E-state index >= 15 is 0 Å². The Morgan fingerprint density at radius 1 is 1.60 bits per heavy atom. The van der Waals surface area contributed by atoms with Crippen molar-refractivity contribution < 1.29 is 9.90 Å². The molecule has 6 heteroatoms. The Morgan fingerprint density at radius 3 is 3.00 bits per heavy atom. The van der Waals surface area contributed by atoms with Crippen molar-refractivity contribution >= 4 is 17.7 Å². The van der Waals surface area contributed by atoms with Crippen molar-refractivity contribution in [2.75, 3.05) is 11.5 Å². The van der Waals surface area contributed by atoms with Gasteiger partial charge in [-0.1, -0.05) is 12.1 Å². The highest BCUT2D eigenvalue weighted by atomic mass is 32.2. The summed E-state index contributed by atoms with van der Waals surface area (Å²) >= 11 is 1.62. The Labute approximate surface area is 92.9 Å². The molecule has 0 fully saturated rings. The van der Waals surface area contributed by atoms with E-state index in [2.05, 4.69) is 10.3 Å². The zero-order valence-electron chi connectivity index (χ0n) is 8.72. The van der Waals surface area contributed by atoms with E-state index in [0.717, 1.165) is 24.4 Å². The molecule has 1 N–H and O–H groups in total. The molecule has 0 bridgehead atoms. The molecule has 0 saturated heterocycles. The van der Waals surface area contributed by atoms with Gasteiger partial charge >= 0.3 is 5.97 Å². The Hall–Kier alpha value is -1.04. The number of aliphatic carboxylic acids is 1. The summed E-state index contributed by atoms with van der Waals surface area (Å²) in [6.07, 6.45) is 3.05. The number of aryl methyl sites for hydroxylation is 2. The third kappa shape index (κ3) is 4.83. The number of nitrogens with zero attached hydrogens (tertiary/aromatic N) is 3. The van der Waals surface area contributed by atoms with Crippen molar-refractivity contribution in [1.82, 2.24) is 15.0 Å². The Morgan fingerprint density at radius 2 is 2.40 bits per heavy atom. The van der Waals surface area contributed by atoms with Crippen LogP contribution < -0.4 is 0 Å². The summed E-state index contributed by atoms with van der Waals surface area (Å²) in [4.78, 5) is 10.2. The third-order valence-corrected chi connectivity index (χ3v) is 2.84. The predicted octanol–water partition coefficient (Wildman–Crippen LogP) is 1.05. The molecule has 84 valence electrons. The van der Waals surface area contributed by atoms with Gasteiger partial charge < -0.3 is 5.11 Å². The van der Waals surface area contributed by atoms with Crippen LogP contribution in [0.1, 0.15) is 19.0 Å². The van der Waals surface area contributed by atoms with Crippen LogP contribution >= 0.6 is 11.8 Å². The number of carboxylic acids is 1. The Bertz CT molecular complexity index is 314. The van der Waals surface area contributed by atoms with Crippen LogP contribution in [-0.2, 0) is 17.8 Å². The van der Waals surface area contributed by atoms with Gasteiger partial charge in [-0.2, -0.15) is 11.8 Å². The van der Waals surface area contributed by atoms with Crippen LogP contribution in [0.5, 0.6) is 0 Å². The van der Waals surface area contributed by atoms with Crippen molar-refractivity contribution in [2.24, 2.45) is 0 Å². The largest absolute Gasteiger partial charge is 0.481 e. The maximum atomic E-state index is 10.2. The van der Waals surface area contributed by atoms with Crippen molar-refractivity contribution in [3.05, 3.63) is 11.9 Å². The maximum Gasteiger partial charge on any atom is 0.304 e. The molecule has 1 rings (SSSR count). The second kappa shape index (κ2) is 6.44. The molecular weight excluding hydrogens is 214 g/mol. The van der Waals surface area contributed by atoms with Gasteiger partial charge in [0.2, 0.25) is 0 Å².